The molecule has 2 aromatic carbocycles. The minimum Gasteiger partial charge on any atom is -0.287 e. The molecule has 1 aromatic heterocycles. The van der Waals surface area contributed by atoms with Gasteiger partial charge < -0.3 is 0 Å². The summed E-state index contributed by atoms with van der Waals surface area (Å²) in [5.74, 6) is 0.0417. The highest BCUT2D eigenvalue weighted by Gasteiger charge is 2.20. The Hall–Kier alpha value is -2.45. The minimum absolute atomic E-state index is 0.0417. The number of carbonyl (C=O) groups is 1. The average molecular weight is 309 g/mol. The van der Waals surface area contributed by atoms with Gasteiger partial charge >= 0.3 is 0 Å². The van der Waals surface area contributed by atoms with Crippen LogP contribution in [0.15, 0.2) is 73.4 Å². The first-order chi connectivity index (χ1) is 10.7. The van der Waals surface area contributed by atoms with E-state index in [-0.39, 0.29) is 12.3 Å². The summed E-state index contributed by atoms with van der Waals surface area (Å²) in [4.78, 5) is 12.4. The SMILES string of the molecule is C=C(Cl)c1c2ccccc2cc[n+]1CC(=O)c1ccccc1. The maximum atomic E-state index is 12.4. The largest absolute Gasteiger partial charge is 0.287 e. The van der Waals surface area contributed by atoms with Gasteiger partial charge in [0.2, 0.25) is 18.0 Å². The van der Waals surface area contributed by atoms with Crippen molar-refractivity contribution in [2.45, 2.75) is 6.54 Å². The van der Waals surface area contributed by atoms with Gasteiger partial charge in [-0.1, -0.05) is 66.7 Å². The van der Waals surface area contributed by atoms with Gasteiger partial charge in [0.05, 0.1) is 5.39 Å². The molecule has 3 heteroatoms. The lowest BCUT2D eigenvalue weighted by molar-refractivity contribution is -0.683. The van der Waals surface area contributed by atoms with E-state index in [1.165, 1.54) is 0 Å². The molecule has 3 rings (SSSR count). The first-order valence-electron chi connectivity index (χ1n) is 7.01. The number of hydrogen-bond acceptors (Lipinski definition) is 1. The molecule has 2 nitrogen and oxygen atoms in total. The molecule has 0 radical (unpaired) electrons. The van der Waals surface area contributed by atoms with Crippen LogP contribution in [0.2, 0.25) is 0 Å². The van der Waals surface area contributed by atoms with E-state index in [9.17, 15) is 4.79 Å². The van der Waals surface area contributed by atoms with Gasteiger partial charge in [0.1, 0.15) is 5.03 Å². The van der Waals surface area contributed by atoms with Gasteiger partial charge in [0.25, 0.3) is 0 Å². The summed E-state index contributed by atoms with van der Waals surface area (Å²) in [5, 5.41) is 2.49. The highest BCUT2D eigenvalue weighted by atomic mass is 35.5. The lowest BCUT2D eigenvalue weighted by Gasteiger charge is -2.06. The Labute approximate surface area is 134 Å². The maximum absolute atomic E-state index is 12.4. The lowest BCUT2D eigenvalue weighted by atomic mass is 10.1. The van der Waals surface area contributed by atoms with Crippen molar-refractivity contribution in [2.24, 2.45) is 0 Å². The molecule has 3 aromatic rings. The van der Waals surface area contributed by atoms with Gasteiger partial charge in [0.15, 0.2) is 6.20 Å². The molecule has 0 bridgehead atoms. The molecule has 0 atom stereocenters. The van der Waals surface area contributed by atoms with Crippen LogP contribution < -0.4 is 4.57 Å². The van der Waals surface area contributed by atoms with Crippen LogP contribution in [0.5, 0.6) is 0 Å². The number of halogens is 1. The molecule has 0 fully saturated rings. The van der Waals surface area contributed by atoms with Crippen molar-refractivity contribution in [3.8, 4) is 0 Å². The standard InChI is InChI=1S/C19H15ClNO/c1-14(20)19-17-10-6-5-7-15(17)11-12-21(19)13-18(22)16-8-3-2-4-9-16/h2-12H,1,13H2/q+1. The molecular weight excluding hydrogens is 294 g/mol. The lowest BCUT2D eigenvalue weighted by Crippen LogP contribution is -2.41. The average Bonchev–Trinajstić information content (AvgIpc) is 2.55. The van der Waals surface area contributed by atoms with Crippen LogP contribution in [0.4, 0.5) is 0 Å². The van der Waals surface area contributed by atoms with E-state index in [0.29, 0.717) is 10.6 Å². The van der Waals surface area contributed by atoms with Crippen molar-refractivity contribution in [1.82, 2.24) is 0 Å². The maximum Gasteiger partial charge on any atom is 0.231 e. The summed E-state index contributed by atoms with van der Waals surface area (Å²) >= 11 is 6.19. The predicted molar refractivity (Wildman–Crippen MR) is 89.8 cm³/mol. The van der Waals surface area contributed by atoms with Crippen molar-refractivity contribution in [3.05, 3.63) is 84.7 Å². The smallest absolute Gasteiger partial charge is 0.231 e. The topological polar surface area (TPSA) is 20.9 Å². The number of rotatable bonds is 4. The fraction of sp³-hybridized carbons (Fsp3) is 0.0526. The van der Waals surface area contributed by atoms with Gasteiger partial charge in [-0.3, -0.25) is 4.79 Å². The summed E-state index contributed by atoms with van der Waals surface area (Å²) in [7, 11) is 0. The number of Topliss-reactive ketones (excluding diaryl/α,β-unsaturated/α-hetero) is 1. The normalized spacial score (nSPS) is 10.6. The fourth-order valence-electron chi connectivity index (χ4n) is 2.56. The number of aromatic nitrogens is 1. The van der Waals surface area contributed by atoms with Crippen molar-refractivity contribution in [2.75, 3.05) is 0 Å². The molecule has 0 N–H and O–H groups in total. The molecule has 108 valence electrons. The molecule has 0 spiro atoms. The number of nitrogens with zero attached hydrogens (tertiary/aromatic N) is 1. The molecule has 0 unspecified atom stereocenters. The minimum atomic E-state index is 0.0417. The third kappa shape index (κ3) is 2.78. The fourth-order valence-corrected chi connectivity index (χ4v) is 2.77. The number of ketones is 1. The van der Waals surface area contributed by atoms with Crippen LogP contribution in [0.1, 0.15) is 16.1 Å². The number of carbonyl (C=O) groups excluding carboxylic acids is 1. The molecule has 0 aliphatic rings. The van der Waals surface area contributed by atoms with Gasteiger partial charge in [-0.15, -0.1) is 0 Å². The number of fused-ring (bicyclic) bond motifs is 1. The second-order valence-corrected chi connectivity index (χ2v) is 5.53. The summed E-state index contributed by atoms with van der Waals surface area (Å²) < 4.78 is 1.85. The Morgan fingerprint density at radius 2 is 1.68 bits per heavy atom. The summed E-state index contributed by atoms with van der Waals surface area (Å²) in [6, 6.07) is 19.2. The summed E-state index contributed by atoms with van der Waals surface area (Å²) in [6.45, 7) is 4.08. The molecule has 22 heavy (non-hydrogen) atoms. The van der Waals surface area contributed by atoms with Crippen molar-refractivity contribution in [3.63, 3.8) is 0 Å². The molecule has 0 saturated carbocycles. The van der Waals surface area contributed by atoms with Gasteiger partial charge in [-0.05, 0) is 11.5 Å². The second-order valence-electron chi connectivity index (χ2n) is 5.07. The van der Waals surface area contributed by atoms with Crippen LogP contribution in [-0.4, -0.2) is 5.78 Å². The monoisotopic (exact) mass is 308 g/mol. The quantitative estimate of drug-likeness (QED) is 0.522. The first-order valence-corrected chi connectivity index (χ1v) is 7.39. The number of pyridine rings is 1. The highest BCUT2D eigenvalue weighted by molar-refractivity contribution is 6.48. The van der Waals surface area contributed by atoms with E-state index in [1.807, 2.05) is 71.4 Å². The van der Waals surface area contributed by atoms with Gasteiger partial charge in [-0.2, -0.15) is 4.57 Å². The van der Waals surface area contributed by atoms with Crippen LogP contribution >= 0.6 is 11.6 Å². The third-order valence-corrected chi connectivity index (χ3v) is 3.78. The van der Waals surface area contributed by atoms with E-state index >= 15 is 0 Å². The molecule has 0 saturated heterocycles. The van der Waals surface area contributed by atoms with Crippen molar-refractivity contribution >= 4 is 33.2 Å². The molecule has 0 aliphatic carbocycles. The highest BCUT2D eigenvalue weighted by Crippen LogP contribution is 2.23. The van der Waals surface area contributed by atoms with E-state index in [2.05, 4.69) is 6.58 Å². The van der Waals surface area contributed by atoms with E-state index < -0.39 is 0 Å². The van der Waals surface area contributed by atoms with E-state index in [1.54, 1.807) is 0 Å². The first kappa shape index (κ1) is 14.5. The molecule has 1 heterocycles. The van der Waals surface area contributed by atoms with Gasteiger partial charge in [0, 0.05) is 11.6 Å². The molecule has 0 aliphatic heterocycles. The molecule has 0 amide bonds. The van der Waals surface area contributed by atoms with Crippen LogP contribution in [-0.2, 0) is 6.54 Å². The molecular formula is C19H15ClNO+. The summed E-state index contributed by atoms with van der Waals surface area (Å²) in [6.07, 6.45) is 1.88. The Balaban J connectivity index is 2.06. The van der Waals surface area contributed by atoms with Crippen LogP contribution in [0.3, 0.4) is 0 Å². The second kappa shape index (κ2) is 6.12. The Morgan fingerprint density at radius 1 is 1.00 bits per heavy atom. The Bertz CT molecular complexity index is 856. The van der Waals surface area contributed by atoms with E-state index in [0.717, 1.165) is 16.5 Å². The zero-order valence-electron chi connectivity index (χ0n) is 12.0. The Morgan fingerprint density at radius 3 is 2.41 bits per heavy atom. The van der Waals surface area contributed by atoms with E-state index in [4.69, 9.17) is 11.6 Å². The van der Waals surface area contributed by atoms with Crippen molar-refractivity contribution < 1.29 is 9.36 Å². The predicted octanol–water partition coefficient (Wildman–Crippen LogP) is 4.22. The van der Waals surface area contributed by atoms with Gasteiger partial charge in [-0.25, -0.2) is 0 Å². The number of benzene rings is 2. The zero-order valence-corrected chi connectivity index (χ0v) is 12.8. The third-order valence-electron chi connectivity index (χ3n) is 3.60. The summed E-state index contributed by atoms with van der Waals surface area (Å²) in [5.41, 5.74) is 1.47. The van der Waals surface area contributed by atoms with Crippen LogP contribution in [0, 0.1) is 0 Å². The van der Waals surface area contributed by atoms with Crippen LogP contribution in [0.25, 0.3) is 15.8 Å². The zero-order chi connectivity index (χ0) is 15.5. The van der Waals surface area contributed by atoms with Crippen molar-refractivity contribution in [1.29, 1.82) is 0 Å². The number of hydrogen-bond donors (Lipinski definition) is 0. The Kier molecular flexibility index (Phi) is 4.03.